The standard InChI is InChI=1S/C14H18BrClN4/c1-8(2)17-6-11-5-12(16)14(18-7-11)20-10(4)13(15)9(3)19-20/h5,7-8,17H,6H2,1-4H3. The van der Waals surface area contributed by atoms with Gasteiger partial charge in [-0.15, -0.1) is 0 Å². The minimum absolute atomic E-state index is 0.431. The van der Waals surface area contributed by atoms with Gasteiger partial charge in [0.15, 0.2) is 5.82 Å². The second kappa shape index (κ2) is 6.24. The maximum absolute atomic E-state index is 6.35. The van der Waals surface area contributed by atoms with Crippen LogP contribution in [0.3, 0.4) is 0 Å². The van der Waals surface area contributed by atoms with Gasteiger partial charge in [-0.1, -0.05) is 25.4 Å². The Hall–Kier alpha value is -0.910. The third-order valence-electron chi connectivity index (χ3n) is 3.00. The molecule has 2 aromatic rings. The van der Waals surface area contributed by atoms with Crippen molar-refractivity contribution >= 4 is 27.5 Å². The molecule has 0 amide bonds. The maximum atomic E-state index is 6.35. The maximum Gasteiger partial charge on any atom is 0.172 e. The van der Waals surface area contributed by atoms with Crippen LogP contribution < -0.4 is 5.32 Å². The van der Waals surface area contributed by atoms with Gasteiger partial charge in [-0.25, -0.2) is 9.67 Å². The number of nitrogens with zero attached hydrogens (tertiary/aromatic N) is 3. The first kappa shape index (κ1) is 15.5. The van der Waals surface area contributed by atoms with Crippen molar-refractivity contribution in [2.45, 2.75) is 40.3 Å². The zero-order valence-electron chi connectivity index (χ0n) is 12.0. The summed E-state index contributed by atoms with van der Waals surface area (Å²) in [7, 11) is 0. The lowest BCUT2D eigenvalue weighted by Crippen LogP contribution is -2.22. The lowest BCUT2D eigenvalue weighted by molar-refractivity contribution is 0.587. The molecule has 20 heavy (non-hydrogen) atoms. The highest BCUT2D eigenvalue weighted by Gasteiger charge is 2.14. The number of aromatic nitrogens is 3. The van der Waals surface area contributed by atoms with Crippen LogP contribution in [-0.4, -0.2) is 20.8 Å². The molecule has 0 unspecified atom stereocenters. The van der Waals surface area contributed by atoms with Gasteiger partial charge in [-0.05, 0) is 41.4 Å². The van der Waals surface area contributed by atoms with Gasteiger partial charge >= 0.3 is 0 Å². The Morgan fingerprint density at radius 3 is 2.60 bits per heavy atom. The topological polar surface area (TPSA) is 42.7 Å². The molecule has 0 saturated heterocycles. The van der Waals surface area contributed by atoms with Crippen LogP contribution in [0, 0.1) is 13.8 Å². The SMILES string of the molecule is Cc1nn(-c2ncc(CNC(C)C)cc2Cl)c(C)c1Br. The fraction of sp³-hybridized carbons (Fsp3) is 0.429. The second-order valence-electron chi connectivity index (χ2n) is 5.08. The van der Waals surface area contributed by atoms with Crippen LogP contribution in [0.4, 0.5) is 0 Å². The van der Waals surface area contributed by atoms with E-state index in [0.717, 1.165) is 28.0 Å². The molecule has 0 aliphatic rings. The Bertz CT molecular complexity index is 622. The molecule has 0 aliphatic carbocycles. The quantitative estimate of drug-likeness (QED) is 0.905. The molecule has 4 nitrogen and oxygen atoms in total. The number of halogens is 2. The molecule has 6 heteroatoms. The Morgan fingerprint density at radius 2 is 2.10 bits per heavy atom. The number of rotatable bonds is 4. The van der Waals surface area contributed by atoms with Gasteiger partial charge < -0.3 is 5.32 Å². The van der Waals surface area contributed by atoms with E-state index in [1.54, 1.807) is 4.68 Å². The summed E-state index contributed by atoms with van der Waals surface area (Å²) in [5.41, 5.74) is 2.98. The molecule has 2 rings (SSSR count). The number of nitrogens with one attached hydrogen (secondary N) is 1. The highest BCUT2D eigenvalue weighted by Crippen LogP contribution is 2.26. The predicted molar refractivity (Wildman–Crippen MR) is 85.5 cm³/mol. The van der Waals surface area contributed by atoms with E-state index >= 15 is 0 Å². The molecule has 0 radical (unpaired) electrons. The Morgan fingerprint density at radius 1 is 1.40 bits per heavy atom. The zero-order valence-corrected chi connectivity index (χ0v) is 14.4. The first-order valence-electron chi connectivity index (χ1n) is 6.50. The van der Waals surface area contributed by atoms with Crippen molar-refractivity contribution in [1.29, 1.82) is 0 Å². The average Bonchev–Trinajstić information content (AvgIpc) is 2.64. The van der Waals surface area contributed by atoms with Gasteiger partial charge in [0.05, 0.1) is 20.9 Å². The summed E-state index contributed by atoms with van der Waals surface area (Å²) in [4.78, 5) is 4.45. The normalized spacial score (nSPS) is 11.3. The Labute approximate surface area is 132 Å². The van der Waals surface area contributed by atoms with Crippen LogP contribution in [0.25, 0.3) is 5.82 Å². The zero-order chi connectivity index (χ0) is 14.9. The summed E-state index contributed by atoms with van der Waals surface area (Å²) in [5, 5.41) is 8.40. The Kier molecular flexibility index (Phi) is 4.83. The van der Waals surface area contributed by atoms with E-state index in [2.05, 4.69) is 45.2 Å². The summed E-state index contributed by atoms with van der Waals surface area (Å²) in [6.45, 7) is 8.90. The van der Waals surface area contributed by atoms with Gasteiger partial charge in [0, 0.05) is 18.8 Å². The summed E-state index contributed by atoms with van der Waals surface area (Å²) in [6, 6.07) is 2.37. The highest BCUT2D eigenvalue weighted by molar-refractivity contribution is 9.10. The van der Waals surface area contributed by atoms with Gasteiger partial charge in [0.25, 0.3) is 0 Å². The highest BCUT2D eigenvalue weighted by atomic mass is 79.9. The van der Waals surface area contributed by atoms with Crippen LogP contribution in [0.5, 0.6) is 0 Å². The molecule has 0 saturated carbocycles. The van der Waals surface area contributed by atoms with Crippen LogP contribution in [0.15, 0.2) is 16.7 Å². The van der Waals surface area contributed by atoms with Gasteiger partial charge in [-0.2, -0.15) is 5.10 Å². The van der Waals surface area contributed by atoms with E-state index in [9.17, 15) is 0 Å². The minimum atomic E-state index is 0.431. The van der Waals surface area contributed by atoms with Crippen molar-refractivity contribution in [1.82, 2.24) is 20.1 Å². The van der Waals surface area contributed by atoms with E-state index in [4.69, 9.17) is 11.6 Å². The van der Waals surface area contributed by atoms with Crippen molar-refractivity contribution in [2.24, 2.45) is 0 Å². The van der Waals surface area contributed by atoms with Crippen LogP contribution in [0.1, 0.15) is 30.8 Å². The summed E-state index contributed by atoms with van der Waals surface area (Å²) in [5.74, 6) is 0.659. The van der Waals surface area contributed by atoms with Gasteiger partial charge in [-0.3, -0.25) is 0 Å². The molecule has 1 N–H and O–H groups in total. The van der Waals surface area contributed by atoms with Crippen LogP contribution >= 0.6 is 27.5 Å². The van der Waals surface area contributed by atoms with Crippen molar-refractivity contribution in [3.8, 4) is 5.82 Å². The number of hydrogen-bond donors (Lipinski definition) is 1. The van der Waals surface area contributed by atoms with E-state index in [1.807, 2.05) is 26.1 Å². The van der Waals surface area contributed by atoms with Gasteiger partial charge in [0.1, 0.15) is 0 Å². The van der Waals surface area contributed by atoms with Crippen molar-refractivity contribution in [2.75, 3.05) is 0 Å². The summed E-state index contributed by atoms with van der Waals surface area (Å²) >= 11 is 9.86. The average molecular weight is 358 g/mol. The first-order chi connectivity index (χ1) is 9.40. The first-order valence-corrected chi connectivity index (χ1v) is 7.67. The third-order valence-corrected chi connectivity index (χ3v) is 4.42. The second-order valence-corrected chi connectivity index (χ2v) is 6.28. The monoisotopic (exact) mass is 356 g/mol. The smallest absolute Gasteiger partial charge is 0.172 e. The molecule has 0 aliphatic heterocycles. The lowest BCUT2D eigenvalue weighted by Gasteiger charge is -2.10. The molecule has 108 valence electrons. The molecule has 2 heterocycles. The van der Waals surface area contributed by atoms with Crippen LogP contribution in [-0.2, 0) is 6.54 Å². The van der Waals surface area contributed by atoms with E-state index in [1.165, 1.54) is 0 Å². The molecule has 0 aromatic carbocycles. The molecule has 0 fully saturated rings. The predicted octanol–water partition coefficient (Wildman–Crippen LogP) is 3.80. The largest absolute Gasteiger partial charge is 0.310 e. The number of pyridine rings is 1. The minimum Gasteiger partial charge on any atom is -0.310 e. The molecular formula is C14H18BrClN4. The van der Waals surface area contributed by atoms with Crippen molar-refractivity contribution in [3.63, 3.8) is 0 Å². The van der Waals surface area contributed by atoms with E-state index in [0.29, 0.717) is 16.9 Å². The third kappa shape index (κ3) is 3.22. The van der Waals surface area contributed by atoms with Crippen molar-refractivity contribution in [3.05, 3.63) is 38.7 Å². The lowest BCUT2D eigenvalue weighted by atomic mass is 10.2. The van der Waals surface area contributed by atoms with E-state index < -0.39 is 0 Å². The molecule has 0 spiro atoms. The summed E-state index contributed by atoms with van der Waals surface area (Å²) in [6.07, 6.45) is 1.83. The van der Waals surface area contributed by atoms with Crippen molar-refractivity contribution < 1.29 is 0 Å². The van der Waals surface area contributed by atoms with E-state index in [-0.39, 0.29) is 0 Å². The van der Waals surface area contributed by atoms with Crippen LogP contribution in [0.2, 0.25) is 5.02 Å². The molecule has 0 bridgehead atoms. The Balaban J connectivity index is 2.32. The fourth-order valence-corrected chi connectivity index (χ4v) is 2.39. The van der Waals surface area contributed by atoms with Gasteiger partial charge in [0.2, 0.25) is 0 Å². The molecule has 0 atom stereocenters. The fourth-order valence-electron chi connectivity index (χ4n) is 1.87. The summed E-state index contributed by atoms with van der Waals surface area (Å²) < 4.78 is 2.75. The number of hydrogen-bond acceptors (Lipinski definition) is 3. The number of aryl methyl sites for hydroxylation is 1. The molecular weight excluding hydrogens is 340 g/mol. The molecule has 2 aromatic heterocycles.